The zero-order chi connectivity index (χ0) is 34.2. The Kier molecular flexibility index (Phi) is 7.60. The molecule has 8 heteroatoms. The summed E-state index contributed by atoms with van der Waals surface area (Å²) in [5, 5.41) is 14.1. The van der Waals surface area contributed by atoms with E-state index >= 15 is 0 Å². The van der Waals surface area contributed by atoms with Crippen molar-refractivity contribution in [2.45, 2.75) is 83.0 Å². The van der Waals surface area contributed by atoms with Gasteiger partial charge in [0.05, 0.1) is 30.4 Å². The SMILES string of the molecule is COc1c2c(c(O)c3c1C(=O)c1ccccc1C3=O)[C@@H](O[Si](c1ccccc1)(c1ccccc1)C(C)(C)C)C[C@]1(C2)OC(C)(C)OC1C. The summed E-state index contributed by atoms with van der Waals surface area (Å²) in [4.78, 5) is 28.3. The van der Waals surface area contributed by atoms with Crippen LogP contribution in [0.5, 0.6) is 11.5 Å². The monoisotopic (exact) mass is 662 g/mol. The molecule has 0 aromatic heterocycles. The molecule has 1 spiro atoms. The molecule has 2 aliphatic carbocycles. The fourth-order valence-corrected chi connectivity index (χ4v) is 13.1. The van der Waals surface area contributed by atoms with Crippen LogP contribution < -0.4 is 15.1 Å². The fraction of sp³-hybridized carbons (Fsp3) is 0.350. The molecule has 4 aromatic rings. The van der Waals surface area contributed by atoms with Crippen LogP contribution in [0.15, 0.2) is 84.9 Å². The molecule has 48 heavy (non-hydrogen) atoms. The van der Waals surface area contributed by atoms with Crippen LogP contribution in [0, 0.1) is 0 Å². The Hall–Kier alpha value is -4.08. The molecule has 7 nitrogen and oxygen atoms in total. The molecule has 1 aliphatic heterocycles. The van der Waals surface area contributed by atoms with Gasteiger partial charge in [-0.2, -0.15) is 0 Å². The van der Waals surface area contributed by atoms with Crippen molar-refractivity contribution >= 4 is 30.3 Å². The Morgan fingerprint density at radius 3 is 1.83 bits per heavy atom. The maximum atomic E-state index is 14.2. The van der Waals surface area contributed by atoms with Gasteiger partial charge in [0.2, 0.25) is 0 Å². The molecule has 4 aromatic carbocycles. The number of phenols is 1. The van der Waals surface area contributed by atoms with Crippen molar-refractivity contribution in [3.8, 4) is 11.5 Å². The molecule has 1 heterocycles. The maximum absolute atomic E-state index is 14.2. The van der Waals surface area contributed by atoms with Gasteiger partial charge in [-0.3, -0.25) is 9.59 Å². The van der Waals surface area contributed by atoms with Crippen LogP contribution in [0.2, 0.25) is 5.04 Å². The number of rotatable bonds is 5. The summed E-state index contributed by atoms with van der Waals surface area (Å²) >= 11 is 0. The van der Waals surface area contributed by atoms with E-state index in [2.05, 4.69) is 45.0 Å². The van der Waals surface area contributed by atoms with Crippen molar-refractivity contribution in [1.82, 2.24) is 0 Å². The Morgan fingerprint density at radius 1 is 0.833 bits per heavy atom. The molecule has 3 aliphatic rings. The van der Waals surface area contributed by atoms with Crippen LogP contribution >= 0.6 is 0 Å². The van der Waals surface area contributed by atoms with Gasteiger partial charge in [0.15, 0.2) is 17.4 Å². The van der Waals surface area contributed by atoms with E-state index in [1.165, 1.54) is 7.11 Å². The normalized spacial score (nSPS) is 23.1. The van der Waals surface area contributed by atoms with E-state index in [0.717, 1.165) is 10.4 Å². The average Bonchev–Trinajstić information content (AvgIpc) is 3.28. The summed E-state index contributed by atoms with van der Waals surface area (Å²) in [7, 11) is -1.70. The highest BCUT2D eigenvalue weighted by molar-refractivity contribution is 6.99. The van der Waals surface area contributed by atoms with Crippen LogP contribution in [0.25, 0.3) is 0 Å². The Labute approximate surface area is 283 Å². The minimum Gasteiger partial charge on any atom is -0.507 e. The number of carbonyl (C=O) groups excluding carboxylic acids is 2. The molecule has 1 fully saturated rings. The highest BCUT2D eigenvalue weighted by atomic mass is 28.4. The minimum atomic E-state index is -3.20. The first-order chi connectivity index (χ1) is 22.7. The quantitative estimate of drug-likeness (QED) is 0.211. The molecule has 3 atom stereocenters. The Bertz CT molecular complexity index is 1890. The first-order valence-electron chi connectivity index (χ1n) is 16.6. The van der Waals surface area contributed by atoms with E-state index in [0.29, 0.717) is 24.0 Å². The molecule has 1 saturated heterocycles. The van der Waals surface area contributed by atoms with E-state index in [4.69, 9.17) is 18.6 Å². The number of ketones is 2. The molecular formula is C40H42O7Si. The third-order valence-electron chi connectivity index (χ3n) is 10.4. The van der Waals surface area contributed by atoms with Gasteiger partial charge in [0.25, 0.3) is 8.32 Å². The second-order valence-electron chi connectivity index (χ2n) is 14.7. The van der Waals surface area contributed by atoms with Crippen LogP contribution in [0.4, 0.5) is 0 Å². The van der Waals surface area contributed by atoms with Gasteiger partial charge in [-0.05, 0) is 36.2 Å². The molecular weight excluding hydrogens is 621 g/mol. The van der Waals surface area contributed by atoms with Crippen LogP contribution in [-0.2, 0) is 20.3 Å². The summed E-state index contributed by atoms with van der Waals surface area (Å²) in [5.74, 6) is -1.64. The first-order valence-corrected chi connectivity index (χ1v) is 18.5. The summed E-state index contributed by atoms with van der Waals surface area (Å²) in [6, 6.07) is 27.3. The first kappa shape index (κ1) is 32.5. The van der Waals surface area contributed by atoms with Gasteiger partial charge < -0.3 is 23.7 Å². The molecule has 0 saturated carbocycles. The second-order valence-corrected chi connectivity index (χ2v) is 19.0. The number of carbonyl (C=O) groups is 2. The smallest absolute Gasteiger partial charge is 0.261 e. The third kappa shape index (κ3) is 4.72. The van der Waals surface area contributed by atoms with E-state index in [9.17, 15) is 14.7 Å². The minimum absolute atomic E-state index is 0.0433. The lowest BCUT2D eigenvalue weighted by atomic mass is 9.71. The summed E-state index contributed by atoms with van der Waals surface area (Å²) < 4.78 is 27.0. The number of ether oxygens (including phenoxy) is 3. The van der Waals surface area contributed by atoms with Gasteiger partial charge in [0.1, 0.15) is 17.1 Å². The second kappa shape index (κ2) is 11.2. The average molecular weight is 663 g/mol. The van der Waals surface area contributed by atoms with E-state index in [1.54, 1.807) is 24.3 Å². The van der Waals surface area contributed by atoms with Crippen molar-refractivity contribution in [2.24, 2.45) is 0 Å². The Balaban J connectivity index is 1.54. The zero-order valence-electron chi connectivity index (χ0n) is 28.5. The van der Waals surface area contributed by atoms with Gasteiger partial charge in [-0.1, -0.05) is 106 Å². The Morgan fingerprint density at radius 2 is 1.35 bits per heavy atom. The summed E-state index contributed by atoms with van der Waals surface area (Å²) in [5.41, 5.74) is 0.755. The predicted molar refractivity (Wildman–Crippen MR) is 186 cm³/mol. The number of fused-ring (bicyclic) bond motifs is 3. The van der Waals surface area contributed by atoms with Gasteiger partial charge >= 0.3 is 0 Å². The van der Waals surface area contributed by atoms with Crippen molar-refractivity contribution in [3.63, 3.8) is 0 Å². The highest BCUT2D eigenvalue weighted by Crippen LogP contribution is 2.57. The van der Waals surface area contributed by atoms with Gasteiger partial charge in [0, 0.05) is 35.1 Å². The number of methoxy groups -OCH3 is 1. The number of benzene rings is 4. The summed E-state index contributed by atoms with van der Waals surface area (Å²) in [6.07, 6.45) is -0.463. The highest BCUT2D eigenvalue weighted by Gasteiger charge is 2.59. The van der Waals surface area contributed by atoms with Crippen molar-refractivity contribution < 1.29 is 33.3 Å². The fourth-order valence-electron chi connectivity index (χ4n) is 8.43. The lowest BCUT2D eigenvalue weighted by molar-refractivity contribution is -0.169. The number of aromatic hydroxyl groups is 1. The molecule has 1 N–H and O–H groups in total. The lowest BCUT2D eigenvalue weighted by Crippen LogP contribution is -2.67. The summed E-state index contributed by atoms with van der Waals surface area (Å²) in [6.45, 7) is 12.4. The zero-order valence-corrected chi connectivity index (χ0v) is 29.5. The molecule has 0 amide bonds. The molecule has 7 rings (SSSR count). The van der Waals surface area contributed by atoms with Gasteiger partial charge in [-0.15, -0.1) is 0 Å². The maximum Gasteiger partial charge on any atom is 0.261 e. The predicted octanol–water partition coefficient (Wildman–Crippen LogP) is 6.65. The lowest BCUT2D eigenvalue weighted by Gasteiger charge is -2.49. The molecule has 0 radical (unpaired) electrons. The van der Waals surface area contributed by atoms with E-state index in [1.807, 2.05) is 57.2 Å². The van der Waals surface area contributed by atoms with Crippen LogP contribution in [-0.4, -0.2) is 49.6 Å². The van der Waals surface area contributed by atoms with E-state index in [-0.39, 0.29) is 50.7 Å². The van der Waals surface area contributed by atoms with Crippen molar-refractivity contribution in [2.75, 3.05) is 7.11 Å². The number of hydrogen-bond acceptors (Lipinski definition) is 7. The topological polar surface area (TPSA) is 91.3 Å². The van der Waals surface area contributed by atoms with Crippen molar-refractivity contribution in [1.29, 1.82) is 0 Å². The largest absolute Gasteiger partial charge is 0.507 e. The number of phenolic OH excluding ortho intramolecular Hbond substituents is 1. The van der Waals surface area contributed by atoms with Crippen LogP contribution in [0.3, 0.4) is 0 Å². The van der Waals surface area contributed by atoms with E-state index < -0.39 is 31.6 Å². The third-order valence-corrected chi connectivity index (χ3v) is 15.4. The molecule has 0 bridgehead atoms. The standard InChI is InChI=1S/C40H42O7Si/c1-24-40(47-39(5,6)45-24)22-29-31(36(43)32-33(37(29)44-7)35(42)28-21-15-14-20-27(28)34(32)41)30(23-40)46-48(38(2,3)4,25-16-10-8-11-17-25)26-18-12-9-13-19-26/h8-21,24,30,43H,22-23H2,1-7H3/t24?,30-,40-/m0/s1. The van der Waals surface area contributed by atoms with Crippen LogP contribution in [0.1, 0.15) is 97.0 Å². The number of hydrogen-bond donors (Lipinski definition) is 1. The molecule has 1 unspecified atom stereocenters. The van der Waals surface area contributed by atoms with Crippen molar-refractivity contribution in [3.05, 3.63) is 118 Å². The van der Waals surface area contributed by atoms with Gasteiger partial charge in [-0.25, -0.2) is 0 Å². The molecule has 248 valence electrons.